The molecule has 0 amide bonds. The first kappa shape index (κ1) is 14.8. The van der Waals surface area contributed by atoms with Gasteiger partial charge in [0.1, 0.15) is 11.6 Å². The van der Waals surface area contributed by atoms with Gasteiger partial charge < -0.3 is 10.1 Å². The summed E-state index contributed by atoms with van der Waals surface area (Å²) in [5, 5.41) is 3.52. The Morgan fingerprint density at radius 3 is 2.55 bits per heavy atom. The van der Waals surface area contributed by atoms with Crippen molar-refractivity contribution < 1.29 is 9.13 Å². The summed E-state index contributed by atoms with van der Waals surface area (Å²) in [6, 6.07) is 10.3. The molecule has 0 aliphatic heterocycles. The molecule has 0 bridgehead atoms. The van der Waals surface area contributed by atoms with Gasteiger partial charge in [0.25, 0.3) is 0 Å². The lowest BCUT2D eigenvalue weighted by Gasteiger charge is -2.19. The Morgan fingerprint density at radius 2 is 1.95 bits per heavy atom. The van der Waals surface area contributed by atoms with Crippen LogP contribution in [0.25, 0.3) is 0 Å². The highest BCUT2D eigenvalue weighted by atomic mass is 35.5. The molecule has 20 heavy (non-hydrogen) atoms. The van der Waals surface area contributed by atoms with Crippen LogP contribution in [0.1, 0.15) is 22.7 Å². The van der Waals surface area contributed by atoms with Gasteiger partial charge in [0, 0.05) is 10.6 Å². The fraction of sp³-hybridized carbons (Fsp3) is 0.250. The van der Waals surface area contributed by atoms with E-state index in [0.717, 1.165) is 16.9 Å². The molecule has 0 fully saturated rings. The minimum atomic E-state index is -0.323. The van der Waals surface area contributed by atoms with Crippen molar-refractivity contribution in [3.05, 3.63) is 63.9 Å². The molecule has 1 N–H and O–H groups in total. The molecular formula is C16H17ClFNO. The summed E-state index contributed by atoms with van der Waals surface area (Å²) >= 11 is 5.80. The van der Waals surface area contributed by atoms with E-state index >= 15 is 0 Å². The minimum Gasteiger partial charge on any atom is -0.496 e. The number of hydrogen-bond donors (Lipinski definition) is 1. The fourth-order valence-corrected chi connectivity index (χ4v) is 2.41. The molecule has 0 heterocycles. The van der Waals surface area contributed by atoms with Crippen LogP contribution in [0.4, 0.5) is 4.39 Å². The zero-order valence-corrected chi connectivity index (χ0v) is 12.5. The summed E-state index contributed by atoms with van der Waals surface area (Å²) in [6.45, 7) is 1.97. The van der Waals surface area contributed by atoms with E-state index in [1.807, 2.05) is 25.1 Å². The molecule has 0 aliphatic rings. The molecule has 0 aliphatic carbocycles. The van der Waals surface area contributed by atoms with Crippen molar-refractivity contribution in [3.63, 3.8) is 0 Å². The zero-order valence-electron chi connectivity index (χ0n) is 11.7. The maximum absolute atomic E-state index is 14.1. The van der Waals surface area contributed by atoms with Gasteiger partial charge in [-0.15, -0.1) is 0 Å². The smallest absolute Gasteiger partial charge is 0.129 e. The van der Waals surface area contributed by atoms with Gasteiger partial charge in [-0.1, -0.05) is 29.8 Å². The maximum Gasteiger partial charge on any atom is 0.129 e. The van der Waals surface area contributed by atoms with Gasteiger partial charge in [-0.05, 0) is 43.3 Å². The monoisotopic (exact) mass is 293 g/mol. The molecule has 0 aromatic heterocycles. The number of aryl methyl sites for hydroxylation is 1. The second-order valence-corrected chi connectivity index (χ2v) is 5.05. The highest BCUT2D eigenvalue weighted by molar-refractivity contribution is 6.30. The van der Waals surface area contributed by atoms with Crippen molar-refractivity contribution in [1.82, 2.24) is 5.32 Å². The first-order valence-corrected chi connectivity index (χ1v) is 6.71. The molecule has 2 rings (SSSR count). The number of rotatable bonds is 4. The summed E-state index contributed by atoms with van der Waals surface area (Å²) < 4.78 is 19.4. The van der Waals surface area contributed by atoms with Gasteiger partial charge in [0.2, 0.25) is 0 Å². The predicted molar refractivity (Wildman–Crippen MR) is 80.0 cm³/mol. The van der Waals surface area contributed by atoms with Crippen LogP contribution in [-0.4, -0.2) is 14.2 Å². The number of halogens is 2. The third-order valence-corrected chi connectivity index (χ3v) is 3.56. The Balaban J connectivity index is 2.46. The topological polar surface area (TPSA) is 21.3 Å². The molecule has 1 unspecified atom stereocenters. The van der Waals surface area contributed by atoms with Crippen LogP contribution in [-0.2, 0) is 0 Å². The third-order valence-electron chi connectivity index (χ3n) is 3.33. The fourth-order valence-electron chi connectivity index (χ4n) is 2.25. The van der Waals surface area contributed by atoms with Crippen LogP contribution in [0.5, 0.6) is 5.75 Å². The standard InChI is InChI=1S/C16H17ClFNO/c1-10-4-5-11(8-15(10)20-3)16(19-2)13-7-6-12(17)9-14(13)18/h4-9,16,19H,1-3H3. The van der Waals surface area contributed by atoms with Crippen molar-refractivity contribution in [2.24, 2.45) is 0 Å². The van der Waals surface area contributed by atoms with E-state index in [-0.39, 0.29) is 11.9 Å². The van der Waals surface area contributed by atoms with Gasteiger partial charge in [-0.2, -0.15) is 0 Å². The summed E-state index contributed by atoms with van der Waals surface area (Å²) in [5.41, 5.74) is 2.54. The van der Waals surface area contributed by atoms with Crippen molar-refractivity contribution in [3.8, 4) is 5.75 Å². The minimum absolute atomic E-state index is 0.248. The largest absolute Gasteiger partial charge is 0.496 e. The van der Waals surface area contributed by atoms with E-state index < -0.39 is 0 Å². The average molecular weight is 294 g/mol. The molecular weight excluding hydrogens is 277 g/mol. The summed E-state index contributed by atoms with van der Waals surface area (Å²) in [4.78, 5) is 0. The Labute approximate surface area is 123 Å². The van der Waals surface area contributed by atoms with Crippen molar-refractivity contribution in [1.29, 1.82) is 0 Å². The number of benzene rings is 2. The molecule has 4 heteroatoms. The molecule has 0 saturated heterocycles. The molecule has 0 spiro atoms. The molecule has 2 aromatic carbocycles. The number of nitrogens with one attached hydrogen (secondary N) is 1. The maximum atomic E-state index is 14.1. The highest BCUT2D eigenvalue weighted by Gasteiger charge is 2.17. The average Bonchev–Trinajstić information content (AvgIpc) is 2.43. The van der Waals surface area contributed by atoms with E-state index in [0.29, 0.717) is 10.6 Å². The molecule has 0 radical (unpaired) electrons. The normalized spacial score (nSPS) is 12.2. The van der Waals surface area contributed by atoms with Crippen LogP contribution in [0.3, 0.4) is 0 Å². The van der Waals surface area contributed by atoms with E-state index in [2.05, 4.69) is 5.32 Å². The lowest BCUT2D eigenvalue weighted by atomic mass is 9.97. The summed E-state index contributed by atoms with van der Waals surface area (Å²) in [5.74, 6) is 0.466. The molecule has 2 aromatic rings. The second-order valence-electron chi connectivity index (χ2n) is 4.62. The van der Waals surface area contributed by atoms with Crippen molar-refractivity contribution in [2.45, 2.75) is 13.0 Å². The van der Waals surface area contributed by atoms with Crippen LogP contribution in [0.2, 0.25) is 5.02 Å². The van der Waals surface area contributed by atoms with Gasteiger partial charge in [0.05, 0.1) is 13.2 Å². The summed E-state index contributed by atoms with van der Waals surface area (Å²) in [7, 11) is 3.43. The third kappa shape index (κ3) is 2.94. The first-order valence-electron chi connectivity index (χ1n) is 6.33. The first-order chi connectivity index (χ1) is 9.56. The lowest BCUT2D eigenvalue weighted by Crippen LogP contribution is -2.19. The van der Waals surface area contributed by atoms with Gasteiger partial charge >= 0.3 is 0 Å². The van der Waals surface area contributed by atoms with E-state index in [9.17, 15) is 4.39 Å². The van der Waals surface area contributed by atoms with Gasteiger partial charge in [-0.3, -0.25) is 0 Å². The van der Waals surface area contributed by atoms with E-state index in [1.165, 1.54) is 6.07 Å². The molecule has 1 atom stereocenters. The Morgan fingerprint density at radius 1 is 1.20 bits per heavy atom. The predicted octanol–water partition coefficient (Wildman–Crippen LogP) is 4.10. The van der Waals surface area contributed by atoms with Crippen molar-refractivity contribution in [2.75, 3.05) is 14.2 Å². The van der Waals surface area contributed by atoms with E-state index in [1.54, 1.807) is 26.3 Å². The quantitative estimate of drug-likeness (QED) is 0.916. The SMILES string of the molecule is CNC(c1ccc(C)c(OC)c1)c1ccc(Cl)cc1F. The molecule has 2 nitrogen and oxygen atoms in total. The Kier molecular flexibility index (Phi) is 4.63. The molecule has 106 valence electrons. The Bertz CT molecular complexity index is 615. The number of hydrogen-bond acceptors (Lipinski definition) is 2. The lowest BCUT2D eigenvalue weighted by molar-refractivity contribution is 0.410. The van der Waals surface area contributed by atoms with Crippen LogP contribution in [0.15, 0.2) is 36.4 Å². The Hall–Kier alpha value is -1.58. The van der Waals surface area contributed by atoms with Gasteiger partial charge in [-0.25, -0.2) is 4.39 Å². The van der Waals surface area contributed by atoms with Crippen LogP contribution in [0, 0.1) is 12.7 Å². The van der Waals surface area contributed by atoms with Gasteiger partial charge in [0.15, 0.2) is 0 Å². The van der Waals surface area contributed by atoms with Crippen LogP contribution < -0.4 is 10.1 Å². The number of ether oxygens (including phenoxy) is 1. The summed E-state index contributed by atoms with van der Waals surface area (Å²) in [6.07, 6.45) is 0. The van der Waals surface area contributed by atoms with E-state index in [4.69, 9.17) is 16.3 Å². The zero-order chi connectivity index (χ0) is 14.7. The van der Waals surface area contributed by atoms with Crippen molar-refractivity contribution >= 4 is 11.6 Å². The highest BCUT2D eigenvalue weighted by Crippen LogP contribution is 2.29. The second kappa shape index (κ2) is 6.25. The molecule has 0 saturated carbocycles. The number of methoxy groups -OCH3 is 1. The van der Waals surface area contributed by atoms with Crippen LogP contribution >= 0.6 is 11.6 Å².